The normalized spacial score (nSPS) is 18.7. The fraction of sp³-hybridized carbons (Fsp3) is 0.250. The van der Waals surface area contributed by atoms with E-state index in [0.717, 1.165) is 67.0 Å². The summed E-state index contributed by atoms with van der Waals surface area (Å²) in [5.41, 5.74) is 6.91. The van der Waals surface area contributed by atoms with Gasteiger partial charge in [-0.05, 0) is 48.6 Å². The van der Waals surface area contributed by atoms with Crippen molar-refractivity contribution in [2.45, 2.75) is 37.3 Å². The van der Waals surface area contributed by atoms with E-state index in [-0.39, 0.29) is 5.41 Å². The third kappa shape index (κ3) is 4.01. The van der Waals surface area contributed by atoms with Crippen LogP contribution in [0.25, 0.3) is 27.8 Å². The molecular formula is C32H29N7. The molecule has 2 aliphatic rings. The molecule has 0 spiro atoms. The Kier molecular flexibility index (Phi) is 5.13. The molecule has 192 valence electrons. The van der Waals surface area contributed by atoms with Crippen molar-refractivity contribution in [1.29, 1.82) is 0 Å². The van der Waals surface area contributed by atoms with Crippen LogP contribution in [0, 0.1) is 0 Å². The number of fused-ring (bicyclic) bond motifs is 2. The van der Waals surface area contributed by atoms with E-state index in [1.54, 1.807) is 0 Å². The summed E-state index contributed by atoms with van der Waals surface area (Å²) < 4.78 is 4.21. The maximum Gasteiger partial charge on any atom is 0.233 e. The Balaban J connectivity index is 1.03. The lowest BCUT2D eigenvalue weighted by Crippen LogP contribution is -2.21. The molecule has 7 nitrogen and oxygen atoms in total. The average molecular weight is 512 g/mol. The summed E-state index contributed by atoms with van der Waals surface area (Å²) in [5.74, 6) is 0.738. The summed E-state index contributed by atoms with van der Waals surface area (Å²) in [6, 6.07) is 21.8. The lowest BCUT2D eigenvalue weighted by Gasteiger charge is -2.16. The van der Waals surface area contributed by atoms with E-state index >= 15 is 0 Å². The standard InChI is InChI=1S/C32H29N7/c1-2-5-23(6-3-1)18-37-14-10-28(21-37)39-20-26(17-35-39)25-16-34-31-36-30(22-38(31)19-25)32(11-12-32)27-8-9-29-24(15-27)7-4-13-33-29/h1-9,13,15-17,19-20,22,28H,10-12,14,18,21H2. The van der Waals surface area contributed by atoms with Gasteiger partial charge in [-0.15, -0.1) is 0 Å². The van der Waals surface area contributed by atoms with Gasteiger partial charge in [-0.1, -0.05) is 42.5 Å². The Hall–Kier alpha value is -4.36. The molecule has 39 heavy (non-hydrogen) atoms. The number of pyridine rings is 1. The fourth-order valence-electron chi connectivity index (χ4n) is 6.16. The molecule has 0 amide bonds. The zero-order chi connectivity index (χ0) is 25.8. The van der Waals surface area contributed by atoms with Crippen LogP contribution in [0.3, 0.4) is 0 Å². The second-order valence-corrected chi connectivity index (χ2v) is 11.0. The first kappa shape index (κ1) is 22.6. The van der Waals surface area contributed by atoms with Gasteiger partial charge in [0.15, 0.2) is 0 Å². The highest BCUT2D eigenvalue weighted by atomic mass is 15.3. The van der Waals surface area contributed by atoms with E-state index in [2.05, 4.69) is 92.2 Å². The first-order valence-electron chi connectivity index (χ1n) is 13.7. The van der Waals surface area contributed by atoms with Crippen molar-refractivity contribution in [3.8, 4) is 11.1 Å². The topological polar surface area (TPSA) is 64.1 Å². The van der Waals surface area contributed by atoms with E-state index in [4.69, 9.17) is 15.1 Å². The highest BCUT2D eigenvalue weighted by Gasteiger charge is 2.48. The molecule has 0 N–H and O–H groups in total. The summed E-state index contributed by atoms with van der Waals surface area (Å²) in [6.45, 7) is 3.10. The number of nitrogens with zero attached hydrogens (tertiary/aromatic N) is 7. The molecule has 7 heteroatoms. The summed E-state index contributed by atoms with van der Waals surface area (Å²) >= 11 is 0. The van der Waals surface area contributed by atoms with E-state index in [0.29, 0.717) is 6.04 Å². The summed E-state index contributed by atoms with van der Waals surface area (Å²) in [5, 5.41) is 5.92. The molecule has 1 saturated carbocycles. The number of aromatic nitrogens is 6. The minimum absolute atomic E-state index is 0.0309. The number of likely N-dealkylation sites (tertiary alicyclic amines) is 1. The van der Waals surface area contributed by atoms with Crippen molar-refractivity contribution in [1.82, 2.24) is 34.0 Å². The van der Waals surface area contributed by atoms with Gasteiger partial charge < -0.3 is 0 Å². The third-order valence-corrected chi connectivity index (χ3v) is 8.51. The van der Waals surface area contributed by atoms with E-state index < -0.39 is 0 Å². The van der Waals surface area contributed by atoms with Crippen LogP contribution in [0.1, 0.15) is 42.1 Å². The largest absolute Gasteiger partial charge is 0.297 e. The minimum Gasteiger partial charge on any atom is -0.297 e. The van der Waals surface area contributed by atoms with Gasteiger partial charge in [-0.25, -0.2) is 9.97 Å². The maximum absolute atomic E-state index is 4.96. The Morgan fingerprint density at radius 3 is 2.67 bits per heavy atom. The van der Waals surface area contributed by atoms with Crippen molar-refractivity contribution in [3.05, 3.63) is 115 Å². The van der Waals surface area contributed by atoms with Gasteiger partial charge in [0.05, 0.1) is 23.4 Å². The molecule has 2 fully saturated rings. The molecular weight excluding hydrogens is 482 g/mol. The van der Waals surface area contributed by atoms with Gasteiger partial charge in [-0.3, -0.25) is 19.0 Å². The molecule has 1 saturated heterocycles. The van der Waals surface area contributed by atoms with Gasteiger partial charge in [-0.2, -0.15) is 5.10 Å². The molecule has 1 atom stereocenters. The van der Waals surface area contributed by atoms with Crippen molar-refractivity contribution in [3.63, 3.8) is 0 Å². The van der Waals surface area contributed by atoms with Crippen molar-refractivity contribution in [2.24, 2.45) is 0 Å². The quantitative estimate of drug-likeness (QED) is 0.288. The van der Waals surface area contributed by atoms with Crippen LogP contribution in [0.2, 0.25) is 0 Å². The number of benzene rings is 2. The van der Waals surface area contributed by atoms with E-state index in [1.165, 1.54) is 16.5 Å². The van der Waals surface area contributed by atoms with Crippen LogP contribution in [-0.4, -0.2) is 47.1 Å². The fourth-order valence-corrected chi connectivity index (χ4v) is 6.16. The molecule has 4 aromatic heterocycles. The molecule has 8 rings (SSSR count). The van der Waals surface area contributed by atoms with Gasteiger partial charge in [0.25, 0.3) is 0 Å². The van der Waals surface area contributed by atoms with E-state index in [9.17, 15) is 0 Å². The van der Waals surface area contributed by atoms with Crippen LogP contribution < -0.4 is 0 Å². The van der Waals surface area contributed by atoms with Crippen molar-refractivity contribution >= 4 is 16.7 Å². The molecule has 2 aromatic carbocycles. The molecule has 1 aliphatic carbocycles. The molecule has 6 aromatic rings. The van der Waals surface area contributed by atoms with Crippen LogP contribution >= 0.6 is 0 Å². The third-order valence-electron chi connectivity index (χ3n) is 8.51. The second-order valence-electron chi connectivity index (χ2n) is 11.0. The zero-order valence-electron chi connectivity index (χ0n) is 21.7. The lowest BCUT2D eigenvalue weighted by molar-refractivity contribution is 0.312. The van der Waals surface area contributed by atoms with E-state index in [1.807, 2.05) is 24.7 Å². The first-order chi connectivity index (χ1) is 19.2. The summed E-state index contributed by atoms with van der Waals surface area (Å²) in [6.07, 6.45) is 15.5. The molecule has 5 heterocycles. The highest BCUT2D eigenvalue weighted by Crippen LogP contribution is 2.53. The summed E-state index contributed by atoms with van der Waals surface area (Å²) in [4.78, 5) is 16.7. The van der Waals surface area contributed by atoms with Crippen LogP contribution in [0.15, 0.2) is 97.8 Å². The number of hydrogen-bond acceptors (Lipinski definition) is 5. The molecule has 1 aliphatic heterocycles. The Morgan fingerprint density at radius 1 is 0.872 bits per heavy atom. The molecule has 0 radical (unpaired) electrons. The highest BCUT2D eigenvalue weighted by molar-refractivity contribution is 5.79. The maximum atomic E-state index is 4.96. The Labute approximate surface area is 226 Å². The number of imidazole rings is 1. The average Bonchev–Trinajstić information content (AvgIpc) is 3.31. The van der Waals surface area contributed by atoms with Gasteiger partial charge >= 0.3 is 0 Å². The minimum atomic E-state index is -0.0309. The number of hydrogen-bond donors (Lipinski definition) is 0. The van der Waals surface area contributed by atoms with Gasteiger partial charge in [0, 0.05) is 72.5 Å². The second kappa shape index (κ2) is 8.85. The first-order valence-corrected chi connectivity index (χ1v) is 13.7. The summed E-state index contributed by atoms with van der Waals surface area (Å²) in [7, 11) is 0. The SMILES string of the molecule is c1ccc(CN2CCC(n3cc(-c4cnc5nc(C6(c7ccc8ncccc8c7)CC6)cn5c4)cn3)C2)cc1. The smallest absolute Gasteiger partial charge is 0.233 e. The van der Waals surface area contributed by atoms with Crippen LogP contribution in [0.4, 0.5) is 0 Å². The lowest BCUT2D eigenvalue weighted by atomic mass is 9.92. The molecule has 0 bridgehead atoms. The van der Waals surface area contributed by atoms with Gasteiger partial charge in [0.2, 0.25) is 5.78 Å². The van der Waals surface area contributed by atoms with Crippen LogP contribution in [0.5, 0.6) is 0 Å². The van der Waals surface area contributed by atoms with Crippen molar-refractivity contribution < 1.29 is 0 Å². The van der Waals surface area contributed by atoms with Gasteiger partial charge in [0.1, 0.15) is 0 Å². The zero-order valence-corrected chi connectivity index (χ0v) is 21.7. The predicted octanol–water partition coefficient (Wildman–Crippen LogP) is 5.67. The molecule has 1 unspecified atom stereocenters. The van der Waals surface area contributed by atoms with Crippen LogP contribution in [-0.2, 0) is 12.0 Å². The Bertz CT molecular complexity index is 1800. The predicted molar refractivity (Wildman–Crippen MR) is 151 cm³/mol. The monoisotopic (exact) mass is 511 g/mol. The number of rotatable bonds is 6. The van der Waals surface area contributed by atoms with Crippen molar-refractivity contribution in [2.75, 3.05) is 13.1 Å². The Morgan fingerprint density at radius 2 is 1.77 bits per heavy atom.